The van der Waals surface area contributed by atoms with Gasteiger partial charge in [-0.2, -0.15) is 0 Å². The molecule has 42 heavy (non-hydrogen) atoms. The summed E-state index contributed by atoms with van der Waals surface area (Å²) in [4.78, 5) is 20.6. The van der Waals surface area contributed by atoms with Gasteiger partial charge in [0.15, 0.2) is 11.5 Å². The first-order valence-electron chi connectivity index (χ1n) is 14.1. The van der Waals surface area contributed by atoms with Crippen molar-refractivity contribution in [2.75, 3.05) is 6.79 Å². The Labute approximate surface area is 250 Å². The van der Waals surface area contributed by atoms with Gasteiger partial charge in [-0.05, 0) is 47.7 Å². The Hall–Kier alpha value is -4.46. The van der Waals surface area contributed by atoms with Gasteiger partial charge in [0.25, 0.3) is 5.91 Å². The summed E-state index contributed by atoms with van der Waals surface area (Å²) in [5.41, 5.74) is 6.27. The van der Waals surface area contributed by atoms with Crippen LogP contribution in [0.4, 0.5) is 0 Å². The molecule has 1 amide bonds. The predicted octanol–water partition coefficient (Wildman–Crippen LogP) is 7.10. The molecule has 0 bridgehead atoms. The Bertz CT molecular complexity index is 1620. The van der Waals surface area contributed by atoms with Crippen LogP contribution in [0.1, 0.15) is 49.4 Å². The minimum absolute atomic E-state index is 0.157. The van der Waals surface area contributed by atoms with E-state index in [0.717, 1.165) is 34.2 Å². The molecule has 0 aliphatic carbocycles. The summed E-state index contributed by atoms with van der Waals surface area (Å²) in [5, 5.41) is 6.00. The maximum atomic E-state index is 13.4. The number of fused-ring (bicyclic) bond motifs is 1. The van der Waals surface area contributed by atoms with Gasteiger partial charge in [-0.15, -0.1) is 11.3 Å². The number of hydrogen-bond acceptors (Lipinski definition) is 6. The molecular weight excluding hydrogens is 542 g/mol. The minimum Gasteiger partial charge on any atom is -0.454 e. The number of nitrogens with one attached hydrogen (secondary N) is 1. The molecule has 4 aromatic carbocycles. The molecule has 1 aliphatic rings. The number of aromatic nitrogens is 1. The molecule has 212 valence electrons. The fourth-order valence-electron chi connectivity index (χ4n) is 5.12. The first kappa shape index (κ1) is 27.7. The Morgan fingerprint density at radius 1 is 0.833 bits per heavy atom. The zero-order valence-corrected chi connectivity index (χ0v) is 24.3. The van der Waals surface area contributed by atoms with Crippen LogP contribution in [0.2, 0.25) is 0 Å². The van der Waals surface area contributed by atoms with Gasteiger partial charge < -0.3 is 14.8 Å². The van der Waals surface area contributed by atoms with Gasteiger partial charge >= 0.3 is 0 Å². The first-order valence-corrected chi connectivity index (χ1v) is 15.0. The van der Waals surface area contributed by atoms with E-state index in [9.17, 15) is 4.79 Å². The molecule has 1 aliphatic heterocycles. The molecule has 7 heteroatoms. The van der Waals surface area contributed by atoms with Crippen LogP contribution in [0.5, 0.6) is 11.5 Å². The molecule has 0 saturated heterocycles. The number of aryl methyl sites for hydroxylation is 1. The smallest absolute Gasteiger partial charge is 0.271 e. The number of benzene rings is 4. The highest BCUT2D eigenvalue weighted by atomic mass is 32.1. The van der Waals surface area contributed by atoms with Gasteiger partial charge in [-0.3, -0.25) is 9.69 Å². The monoisotopic (exact) mass is 575 g/mol. The summed E-state index contributed by atoms with van der Waals surface area (Å²) in [5.74, 6) is 1.39. The largest absolute Gasteiger partial charge is 0.454 e. The van der Waals surface area contributed by atoms with Crippen LogP contribution in [0.25, 0.3) is 0 Å². The van der Waals surface area contributed by atoms with Crippen molar-refractivity contribution in [2.45, 2.75) is 39.0 Å². The van der Waals surface area contributed by atoms with Crippen LogP contribution in [-0.2, 0) is 26.1 Å². The van der Waals surface area contributed by atoms with E-state index in [1.807, 2.05) is 53.9 Å². The zero-order valence-electron chi connectivity index (χ0n) is 23.5. The minimum atomic E-state index is -0.164. The van der Waals surface area contributed by atoms with Crippen LogP contribution in [0, 0.1) is 6.92 Å². The van der Waals surface area contributed by atoms with E-state index < -0.39 is 0 Å². The van der Waals surface area contributed by atoms with Gasteiger partial charge in [-0.25, -0.2) is 4.98 Å². The van der Waals surface area contributed by atoms with E-state index >= 15 is 0 Å². The number of amides is 1. The fourth-order valence-corrected chi connectivity index (χ4v) is 5.93. The quantitative estimate of drug-likeness (QED) is 0.182. The van der Waals surface area contributed by atoms with E-state index in [1.54, 1.807) is 0 Å². The number of carbonyl (C=O) groups excluding carboxylic acids is 1. The summed E-state index contributed by atoms with van der Waals surface area (Å²) in [6, 6.07) is 34.9. The second-order valence-electron chi connectivity index (χ2n) is 10.6. The second-order valence-corrected chi connectivity index (χ2v) is 11.5. The maximum Gasteiger partial charge on any atom is 0.271 e. The molecule has 1 N–H and O–H groups in total. The Balaban J connectivity index is 1.18. The Kier molecular flexibility index (Phi) is 8.59. The van der Waals surface area contributed by atoms with Gasteiger partial charge in [0.1, 0.15) is 10.7 Å². The molecule has 1 unspecified atom stereocenters. The molecule has 6 nitrogen and oxygen atoms in total. The van der Waals surface area contributed by atoms with Crippen molar-refractivity contribution < 1.29 is 14.3 Å². The number of rotatable bonds is 11. The third kappa shape index (κ3) is 7.05. The summed E-state index contributed by atoms with van der Waals surface area (Å²) in [6.07, 6.45) is 0.702. The average molecular weight is 576 g/mol. The van der Waals surface area contributed by atoms with E-state index in [4.69, 9.17) is 14.5 Å². The van der Waals surface area contributed by atoms with Gasteiger partial charge in [0.05, 0.1) is 12.6 Å². The van der Waals surface area contributed by atoms with Crippen molar-refractivity contribution >= 4 is 17.2 Å². The number of nitrogens with zero attached hydrogens (tertiary/aromatic N) is 2. The number of carbonyl (C=O) groups is 1. The van der Waals surface area contributed by atoms with Crippen LogP contribution in [0.15, 0.2) is 109 Å². The van der Waals surface area contributed by atoms with Gasteiger partial charge in [-0.1, -0.05) is 96.6 Å². The third-order valence-corrected chi connectivity index (χ3v) is 8.14. The molecule has 0 saturated carbocycles. The highest BCUT2D eigenvalue weighted by Crippen LogP contribution is 2.33. The van der Waals surface area contributed by atoms with Crippen molar-refractivity contribution in [1.29, 1.82) is 0 Å². The highest BCUT2D eigenvalue weighted by Gasteiger charge is 2.20. The summed E-state index contributed by atoms with van der Waals surface area (Å²) >= 11 is 1.52. The standard InChI is InChI=1S/C35H33N3O3S/c1-25-12-14-27(15-13-25)20-38(21-28-16-17-32-33(19-28)41-24-40-32)22-34-36-31(23-42-34)35(39)37-30(29-10-6-3-7-11-29)18-26-8-4-2-5-9-26/h2-17,19,23,30H,18,20-22,24H2,1H3,(H,37,39). The lowest BCUT2D eigenvalue weighted by atomic mass is 9.99. The molecule has 2 heterocycles. The topological polar surface area (TPSA) is 63.7 Å². The average Bonchev–Trinajstić information content (AvgIpc) is 3.68. The number of hydrogen-bond donors (Lipinski definition) is 1. The molecule has 1 aromatic heterocycles. The maximum absolute atomic E-state index is 13.4. The third-order valence-electron chi connectivity index (χ3n) is 7.30. The molecule has 1 atom stereocenters. The van der Waals surface area contributed by atoms with E-state index in [1.165, 1.54) is 28.0 Å². The van der Waals surface area contributed by atoms with Crippen molar-refractivity contribution in [2.24, 2.45) is 0 Å². The first-order chi connectivity index (χ1) is 20.6. The zero-order chi connectivity index (χ0) is 28.7. The van der Waals surface area contributed by atoms with Crippen molar-refractivity contribution in [3.63, 3.8) is 0 Å². The van der Waals surface area contributed by atoms with Crippen LogP contribution in [0.3, 0.4) is 0 Å². The van der Waals surface area contributed by atoms with Gasteiger partial charge in [0, 0.05) is 18.5 Å². The lowest BCUT2D eigenvalue weighted by Crippen LogP contribution is -2.30. The van der Waals surface area contributed by atoms with Gasteiger partial charge in [0.2, 0.25) is 6.79 Å². The normalized spacial score (nSPS) is 12.8. The van der Waals surface area contributed by atoms with Crippen LogP contribution >= 0.6 is 11.3 Å². The lowest BCUT2D eigenvalue weighted by Gasteiger charge is -2.22. The van der Waals surface area contributed by atoms with E-state index in [0.29, 0.717) is 25.2 Å². The second kappa shape index (κ2) is 13.0. The molecule has 6 rings (SSSR count). The SMILES string of the molecule is Cc1ccc(CN(Cc2ccc3c(c2)OCO3)Cc2nc(C(=O)NC(Cc3ccccc3)c3ccccc3)cs2)cc1. The molecular formula is C35H33N3O3S. The molecule has 0 radical (unpaired) electrons. The van der Waals surface area contributed by atoms with Crippen LogP contribution in [-0.4, -0.2) is 22.6 Å². The Morgan fingerprint density at radius 3 is 2.31 bits per heavy atom. The Morgan fingerprint density at radius 2 is 1.52 bits per heavy atom. The predicted molar refractivity (Wildman–Crippen MR) is 166 cm³/mol. The van der Waals surface area contributed by atoms with E-state index in [2.05, 4.69) is 71.7 Å². The van der Waals surface area contributed by atoms with Crippen molar-refractivity contribution in [1.82, 2.24) is 15.2 Å². The van der Waals surface area contributed by atoms with Crippen molar-refractivity contribution in [3.05, 3.63) is 147 Å². The summed E-state index contributed by atoms with van der Waals surface area (Å²) in [6.45, 7) is 4.43. The molecule has 0 spiro atoms. The van der Waals surface area contributed by atoms with E-state index in [-0.39, 0.29) is 18.7 Å². The molecule has 0 fully saturated rings. The summed E-state index contributed by atoms with van der Waals surface area (Å²) in [7, 11) is 0. The summed E-state index contributed by atoms with van der Waals surface area (Å²) < 4.78 is 11.1. The number of thiazole rings is 1. The number of ether oxygens (including phenoxy) is 2. The molecule has 5 aromatic rings. The highest BCUT2D eigenvalue weighted by molar-refractivity contribution is 7.09. The lowest BCUT2D eigenvalue weighted by molar-refractivity contribution is 0.0931. The van der Waals surface area contributed by atoms with Crippen LogP contribution < -0.4 is 14.8 Å². The van der Waals surface area contributed by atoms with Crippen molar-refractivity contribution in [3.8, 4) is 11.5 Å². The fraction of sp³-hybridized carbons (Fsp3) is 0.200.